The Hall–Kier alpha value is -3.34. The van der Waals surface area contributed by atoms with Crippen molar-refractivity contribution in [3.63, 3.8) is 0 Å². The summed E-state index contributed by atoms with van der Waals surface area (Å²) in [4.78, 5) is 26.8. The van der Waals surface area contributed by atoms with Gasteiger partial charge in [0.25, 0.3) is 0 Å². The molecule has 1 N–H and O–H groups in total. The second-order valence-electron chi connectivity index (χ2n) is 6.89. The maximum Gasteiger partial charge on any atom is 0.338 e. The van der Waals surface area contributed by atoms with E-state index in [1.165, 1.54) is 4.90 Å². The molecule has 1 aliphatic rings. The highest BCUT2D eigenvalue weighted by Crippen LogP contribution is 2.37. The quantitative estimate of drug-likeness (QED) is 0.541. The first-order valence-corrected chi connectivity index (χ1v) is 9.35. The van der Waals surface area contributed by atoms with Crippen LogP contribution in [0.4, 0.5) is 4.79 Å². The minimum atomic E-state index is -0.572. The number of nitrogens with zero attached hydrogens (tertiary/aromatic N) is 1. The van der Waals surface area contributed by atoms with Crippen molar-refractivity contribution in [2.75, 3.05) is 13.7 Å². The van der Waals surface area contributed by atoms with Crippen LogP contribution in [-0.2, 0) is 9.53 Å². The number of urea groups is 1. The Morgan fingerprint density at radius 2 is 1.71 bits per heavy atom. The molecule has 0 saturated heterocycles. The van der Waals surface area contributed by atoms with Crippen LogP contribution in [0.15, 0.2) is 65.9 Å². The van der Waals surface area contributed by atoms with Crippen molar-refractivity contribution in [2.24, 2.45) is 0 Å². The van der Waals surface area contributed by atoms with E-state index >= 15 is 0 Å². The predicted octanol–water partition coefficient (Wildman–Crippen LogP) is 4.53. The van der Waals surface area contributed by atoms with Gasteiger partial charge >= 0.3 is 12.0 Å². The average molecular weight is 374 g/mol. The van der Waals surface area contributed by atoms with Crippen molar-refractivity contribution in [3.8, 4) is 0 Å². The van der Waals surface area contributed by atoms with Gasteiger partial charge in [-0.1, -0.05) is 48.5 Å². The summed E-state index contributed by atoms with van der Waals surface area (Å²) < 4.78 is 5.31. The van der Waals surface area contributed by atoms with Gasteiger partial charge in [0.15, 0.2) is 0 Å². The molecule has 0 aliphatic carbocycles. The number of rotatable bonds is 3. The molecule has 0 aromatic heterocycles. The van der Waals surface area contributed by atoms with E-state index in [0.29, 0.717) is 11.3 Å². The molecule has 3 aromatic carbocycles. The summed E-state index contributed by atoms with van der Waals surface area (Å²) in [5.41, 5.74) is 1.95. The third kappa shape index (κ3) is 2.80. The third-order valence-electron chi connectivity index (χ3n) is 5.36. The number of esters is 1. The predicted molar refractivity (Wildman–Crippen MR) is 110 cm³/mol. The number of nitrogens with one attached hydrogen (secondary N) is 1. The monoisotopic (exact) mass is 374 g/mol. The van der Waals surface area contributed by atoms with Crippen LogP contribution in [0, 0.1) is 0 Å². The lowest BCUT2D eigenvalue weighted by Crippen LogP contribution is -2.46. The summed E-state index contributed by atoms with van der Waals surface area (Å²) in [5.74, 6) is -0.408. The van der Waals surface area contributed by atoms with E-state index in [-0.39, 0.29) is 12.6 Å². The molecule has 0 fully saturated rings. The molecule has 142 valence electrons. The van der Waals surface area contributed by atoms with E-state index in [1.807, 2.05) is 36.4 Å². The zero-order valence-corrected chi connectivity index (χ0v) is 16.2. The summed E-state index contributed by atoms with van der Waals surface area (Å²) in [6, 6.07) is 17.4. The van der Waals surface area contributed by atoms with Gasteiger partial charge in [0, 0.05) is 12.7 Å². The summed E-state index contributed by atoms with van der Waals surface area (Å²) in [5, 5.41) is 7.28. The number of carbonyl (C=O) groups excluding carboxylic acids is 2. The molecule has 3 aromatic rings. The maximum absolute atomic E-state index is 12.8. The molecule has 28 heavy (non-hydrogen) atoms. The van der Waals surface area contributed by atoms with Gasteiger partial charge in [-0.2, -0.15) is 0 Å². The van der Waals surface area contributed by atoms with E-state index < -0.39 is 12.0 Å². The van der Waals surface area contributed by atoms with E-state index in [2.05, 4.69) is 23.5 Å². The minimum Gasteiger partial charge on any atom is -0.463 e. The van der Waals surface area contributed by atoms with Crippen molar-refractivity contribution < 1.29 is 14.3 Å². The van der Waals surface area contributed by atoms with Crippen LogP contribution in [0.25, 0.3) is 21.5 Å². The molecule has 0 radical (unpaired) electrons. The van der Waals surface area contributed by atoms with Crippen LogP contribution in [-0.4, -0.2) is 30.6 Å². The Bertz CT molecular complexity index is 1130. The molecule has 0 spiro atoms. The van der Waals surface area contributed by atoms with Crippen molar-refractivity contribution >= 4 is 33.5 Å². The van der Waals surface area contributed by atoms with Crippen molar-refractivity contribution in [3.05, 3.63) is 71.4 Å². The van der Waals surface area contributed by atoms with Gasteiger partial charge < -0.3 is 15.0 Å². The fraction of sp³-hybridized carbons (Fsp3) is 0.217. The number of ether oxygens (including phenoxy) is 1. The molecule has 0 saturated carbocycles. The average Bonchev–Trinajstić information content (AvgIpc) is 2.71. The molecule has 1 atom stereocenters. The summed E-state index contributed by atoms with van der Waals surface area (Å²) >= 11 is 0. The Balaban J connectivity index is 2.01. The van der Waals surface area contributed by atoms with Gasteiger partial charge in [0.2, 0.25) is 0 Å². The largest absolute Gasteiger partial charge is 0.463 e. The number of carbonyl (C=O) groups is 2. The van der Waals surface area contributed by atoms with E-state index in [0.717, 1.165) is 27.1 Å². The molecular weight excluding hydrogens is 352 g/mol. The van der Waals surface area contributed by atoms with Crippen LogP contribution in [0.1, 0.15) is 25.5 Å². The van der Waals surface area contributed by atoms with Gasteiger partial charge in [0.05, 0.1) is 18.2 Å². The highest BCUT2D eigenvalue weighted by molar-refractivity contribution is 6.10. The molecular formula is C23H22N2O3. The van der Waals surface area contributed by atoms with Gasteiger partial charge in [0.1, 0.15) is 0 Å². The standard InChI is InChI=1S/C23H22N2O3/c1-4-28-22(26)20-14(2)25(3)23(27)24-21(20)19-13-15-9-5-6-10-16(15)17-11-7-8-12-18(17)19/h5-13,21H,4H2,1-3H3,(H,24,27)/t21-/m0/s1. The van der Waals surface area contributed by atoms with Crippen molar-refractivity contribution in [1.29, 1.82) is 0 Å². The minimum absolute atomic E-state index is 0.243. The first kappa shape index (κ1) is 18.0. The van der Waals surface area contributed by atoms with E-state index in [1.54, 1.807) is 20.9 Å². The zero-order valence-electron chi connectivity index (χ0n) is 16.2. The van der Waals surface area contributed by atoms with E-state index in [4.69, 9.17) is 4.74 Å². The number of hydrogen-bond acceptors (Lipinski definition) is 3. The zero-order chi connectivity index (χ0) is 19.8. The topological polar surface area (TPSA) is 58.6 Å². The number of allylic oxidation sites excluding steroid dienone is 1. The normalized spacial score (nSPS) is 17.2. The maximum atomic E-state index is 12.8. The van der Waals surface area contributed by atoms with Gasteiger partial charge in [-0.3, -0.25) is 0 Å². The van der Waals surface area contributed by atoms with Crippen LogP contribution in [0.5, 0.6) is 0 Å². The molecule has 1 aliphatic heterocycles. The fourth-order valence-electron chi connectivity index (χ4n) is 3.86. The number of benzene rings is 3. The third-order valence-corrected chi connectivity index (χ3v) is 5.36. The van der Waals surface area contributed by atoms with Crippen LogP contribution >= 0.6 is 0 Å². The smallest absolute Gasteiger partial charge is 0.338 e. The second-order valence-corrected chi connectivity index (χ2v) is 6.89. The second kappa shape index (κ2) is 7.00. The number of hydrogen-bond donors (Lipinski definition) is 1. The lowest BCUT2D eigenvalue weighted by Gasteiger charge is -2.34. The number of fused-ring (bicyclic) bond motifs is 3. The molecule has 5 nitrogen and oxygen atoms in total. The van der Waals surface area contributed by atoms with Crippen LogP contribution < -0.4 is 5.32 Å². The van der Waals surface area contributed by atoms with E-state index in [9.17, 15) is 9.59 Å². The molecule has 2 amide bonds. The van der Waals surface area contributed by atoms with Gasteiger partial charge in [-0.05, 0) is 47.0 Å². The SMILES string of the molecule is CCOC(=O)C1=C(C)N(C)C(=O)N[C@H]1c1cc2ccccc2c2ccccc12. The Morgan fingerprint density at radius 1 is 1.07 bits per heavy atom. The lowest BCUT2D eigenvalue weighted by molar-refractivity contribution is -0.139. The summed E-state index contributed by atoms with van der Waals surface area (Å²) in [6.45, 7) is 3.83. The van der Waals surface area contributed by atoms with Gasteiger partial charge in [-0.15, -0.1) is 0 Å². The summed E-state index contributed by atoms with van der Waals surface area (Å²) in [7, 11) is 1.65. The highest BCUT2D eigenvalue weighted by Gasteiger charge is 2.35. The molecule has 0 bridgehead atoms. The molecule has 1 heterocycles. The first-order chi connectivity index (χ1) is 13.5. The Labute approximate surface area is 163 Å². The molecule has 4 rings (SSSR count). The highest BCUT2D eigenvalue weighted by atomic mass is 16.5. The number of amides is 2. The van der Waals surface area contributed by atoms with Crippen LogP contribution in [0.2, 0.25) is 0 Å². The van der Waals surface area contributed by atoms with Gasteiger partial charge in [-0.25, -0.2) is 9.59 Å². The van der Waals surface area contributed by atoms with Crippen molar-refractivity contribution in [1.82, 2.24) is 10.2 Å². The lowest BCUT2D eigenvalue weighted by atomic mass is 9.88. The molecule has 5 heteroatoms. The first-order valence-electron chi connectivity index (χ1n) is 9.35. The fourth-order valence-corrected chi connectivity index (χ4v) is 3.86. The molecule has 0 unspecified atom stereocenters. The van der Waals surface area contributed by atoms with Crippen molar-refractivity contribution in [2.45, 2.75) is 19.9 Å². The Kier molecular flexibility index (Phi) is 4.51. The summed E-state index contributed by atoms with van der Waals surface area (Å²) in [6.07, 6.45) is 0. The Morgan fingerprint density at radius 3 is 2.43 bits per heavy atom. The van der Waals surface area contributed by atoms with Crippen LogP contribution in [0.3, 0.4) is 0 Å².